The van der Waals surface area contributed by atoms with E-state index in [0.29, 0.717) is 25.9 Å². The Hall–Kier alpha value is -4.14. The van der Waals surface area contributed by atoms with E-state index in [9.17, 15) is 19.2 Å². The molecular weight excluding hydrogens is 446 g/mol. The molecule has 0 bridgehead atoms. The fraction of sp³-hybridized carbons (Fsp3) is 0.308. The van der Waals surface area contributed by atoms with Crippen molar-refractivity contribution in [1.29, 1.82) is 0 Å². The Morgan fingerprint density at radius 2 is 1.49 bits per heavy atom. The third kappa shape index (κ3) is 7.17. The SMILES string of the molecule is CCNC(=O)c1cccc(C(=O)NCC2=CC[C@@H](CCC(=O)c3cccc(C(=O)NC)n3)C=C2)n1. The highest BCUT2D eigenvalue weighted by molar-refractivity contribution is 5.97. The van der Waals surface area contributed by atoms with Gasteiger partial charge in [-0.25, -0.2) is 9.97 Å². The van der Waals surface area contributed by atoms with Gasteiger partial charge in [0, 0.05) is 26.6 Å². The molecule has 1 aliphatic carbocycles. The van der Waals surface area contributed by atoms with Crippen molar-refractivity contribution >= 4 is 23.5 Å². The molecule has 0 aliphatic heterocycles. The summed E-state index contributed by atoms with van der Waals surface area (Å²) in [5.41, 5.74) is 1.84. The number of ketones is 1. The molecule has 3 rings (SSSR count). The number of Topliss-reactive ketones (excluding diaryl/α,β-unsaturated/α-hetero) is 1. The lowest BCUT2D eigenvalue weighted by Crippen LogP contribution is -2.28. The Kier molecular flexibility index (Phi) is 9.00. The fourth-order valence-electron chi connectivity index (χ4n) is 3.55. The lowest BCUT2D eigenvalue weighted by Gasteiger charge is -2.16. The van der Waals surface area contributed by atoms with Gasteiger partial charge in [0.2, 0.25) is 0 Å². The van der Waals surface area contributed by atoms with Gasteiger partial charge in [-0.2, -0.15) is 0 Å². The van der Waals surface area contributed by atoms with Crippen molar-refractivity contribution in [2.45, 2.75) is 26.2 Å². The van der Waals surface area contributed by atoms with E-state index in [0.717, 1.165) is 12.0 Å². The van der Waals surface area contributed by atoms with Crippen molar-refractivity contribution in [3.05, 3.63) is 83.0 Å². The second-order valence-electron chi connectivity index (χ2n) is 8.03. The second kappa shape index (κ2) is 12.4. The number of nitrogens with one attached hydrogen (secondary N) is 3. The average molecular weight is 476 g/mol. The molecule has 1 atom stereocenters. The first-order valence-electron chi connectivity index (χ1n) is 11.5. The van der Waals surface area contributed by atoms with Crippen LogP contribution in [0.1, 0.15) is 68.1 Å². The number of hydrogen-bond donors (Lipinski definition) is 3. The van der Waals surface area contributed by atoms with E-state index in [1.54, 1.807) is 36.4 Å². The molecule has 0 fully saturated rings. The van der Waals surface area contributed by atoms with E-state index in [-0.39, 0.29) is 52.2 Å². The van der Waals surface area contributed by atoms with E-state index < -0.39 is 0 Å². The zero-order chi connectivity index (χ0) is 25.2. The molecule has 9 nitrogen and oxygen atoms in total. The van der Waals surface area contributed by atoms with Crippen molar-refractivity contribution in [3.63, 3.8) is 0 Å². The second-order valence-corrected chi connectivity index (χ2v) is 8.03. The standard InChI is InChI=1S/C26H29N5O4/c1-3-28-25(34)21-8-5-9-22(31-21)26(35)29-16-18-12-10-17(11-13-18)14-15-23(32)19-6-4-7-20(30-19)24(33)27-2/h4-10,12-13,17H,3,11,14-16H2,1-2H3,(H,27,33)(H,28,34)(H,29,35)/t17-/m0/s1. The zero-order valence-corrected chi connectivity index (χ0v) is 19.8. The number of pyridine rings is 2. The van der Waals surface area contributed by atoms with Crippen LogP contribution in [0.4, 0.5) is 0 Å². The highest BCUT2D eigenvalue weighted by atomic mass is 16.2. The van der Waals surface area contributed by atoms with E-state index in [1.165, 1.54) is 7.05 Å². The third-order valence-electron chi connectivity index (χ3n) is 5.51. The van der Waals surface area contributed by atoms with Crippen LogP contribution in [0, 0.1) is 5.92 Å². The summed E-state index contributed by atoms with van der Waals surface area (Å²) < 4.78 is 0. The summed E-state index contributed by atoms with van der Waals surface area (Å²) in [7, 11) is 1.52. The van der Waals surface area contributed by atoms with Crippen LogP contribution in [-0.4, -0.2) is 53.6 Å². The molecule has 2 heterocycles. The summed E-state index contributed by atoms with van der Waals surface area (Å²) in [5, 5.41) is 7.98. The highest BCUT2D eigenvalue weighted by Gasteiger charge is 2.16. The molecule has 9 heteroatoms. The quantitative estimate of drug-likeness (QED) is 0.453. The van der Waals surface area contributed by atoms with Gasteiger partial charge < -0.3 is 16.0 Å². The van der Waals surface area contributed by atoms with Gasteiger partial charge in [-0.15, -0.1) is 0 Å². The molecule has 0 radical (unpaired) electrons. The number of carbonyl (C=O) groups is 4. The average Bonchev–Trinajstić information content (AvgIpc) is 2.90. The van der Waals surface area contributed by atoms with E-state index in [4.69, 9.17) is 0 Å². The molecule has 0 spiro atoms. The van der Waals surface area contributed by atoms with Gasteiger partial charge in [0.05, 0.1) is 0 Å². The van der Waals surface area contributed by atoms with Gasteiger partial charge in [-0.3, -0.25) is 19.2 Å². The minimum Gasteiger partial charge on any atom is -0.354 e. The minimum absolute atomic E-state index is 0.103. The summed E-state index contributed by atoms with van der Waals surface area (Å²) in [5.74, 6) is -0.904. The Morgan fingerprint density at radius 1 is 0.886 bits per heavy atom. The minimum atomic E-state index is -0.357. The Balaban J connectivity index is 1.46. The lowest BCUT2D eigenvalue weighted by molar-refractivity contribution is 0.0936. The molecule has 3 N–H and O–H groups in total. The molecule has 0 aromatic carbocycles. The van der Waals surface area contributed by atoms with E-state index >= 15 is 0 Å². The van der Waals surface area contributed by atoms with Gasteiger partial charge >= 0.3 is 0 Å². The van der Waals surface area contributed by atoms with Gasteiger partial charge in [0.1, 0.15) is 22.8 Å². The number of hydrogen-bond acceptors (Lipinski definition) is 6. The number of allylic oxidation sites excluding steroid dienone is 2. The van der Waals surface area contributed by atoms with Crippen molar-refractivity contribution in [2.24, 2.45) is 5.92 Å². The normalized spacial score (nSPS) is 14.6. The van der Waals surface area contributed by atoms with Crippen LogP contribution in [0.15, 0.2) is 60.2 Å². The van der Waals surface area contributed by atoms with Crippen LogP contribution in [0.3, 0.4) is 0 Å². The predicted molar refractivity (Wildman–Crippen MR) is 131 cm³/mol. The number of carbonyl (C=O) groups excluding carboxylic acids is 4. The summed E-state index contributed by atoms with van der Waals surface area (Å²) in [4.78, 5) is 56.9. The van der Waals surface area contributed by atoms with Crippen LogP contribution in [-0.2, 0) is 0 Å². The summed E-state index contributed by atoms with van der Waals surface area (Å²) in [6.07, 6.45) is 7.77. The van der Waals surface area contributed by atoms with Crippen LogP contribution < -0.4 is 16.0 Å². The van der Waals surface area contributed by atoms with Gasteiger partial charge in [0.15, 0.2) is 5.78 Å². The first kappa shape index (κ1) is 25.5. The van der Waals surface area contributed by atoms with Crippen molar-refractivity contribution < 1.29 is 19.2 Å². The molecular formula is C26H29N5O4. The van der Waals surface area contributed by atoms with Crippen LogP contribution >= 0.6 is 0 Å². The summed E-state index contributed by atoms with van der Waals surface area (Å²) in [6.45, 7) is 2.63. The fourth-order valence-corrected chi connectivity index (χ4v) is 3.55. The van der Waals surface area contributed by atoms with Crippen molar-refractivity contribution in [3.8, 4) is 0 Å². The molecule has 0 unspecified atom stereocenters. The third-order valence-corrected chi connectivity index (χ3v) is 5.51. The lowest BCUT2D eigenvalue weighted by atomic mass is 9.91. The van der Waals surface area contributed by atoms with Gasteiger partial charge in [-0.1, -0.05) is 30.4 Å². The van der Waals surface area contributed by atoms with E-state index in [1.807, 2.05) is 25.2 Å². The monoisotopic (exact) mass is 475 g/mol. The molecule has 3 amide bonds. The highest BCUT2D eigenvalue weighted by Crippen LogP contribution is 2.21. The number of aromatic nitrogens is 2. The maximum Gasteiger partial charge on any atom is 0.270 e. The Morgan fingerprint density at radius 3 is 2.09 bits per heavy atom. The topological polar surface area (TPSA) is 130 Å². The Bertz CT molecular complexity index is 1170. The van der Waals surface area contributed by atoms with E-state index in [2.05, 4.69) is 25.9 Å². The Labute approximate surface area is 204 Å². The van der Waals surface area contributed by atoms with Crippen LogP contribution in [0.2, 0.25) is 0 Å². The van der Waals surface area contributed by atoms with Crippen molar-refractivity contribution in [2.75, 3.05) is 20.1 Å². The molecule has 35 heavy (non-hydrogen) atoms. The molecule has 1 aliphatic rings. The molecule has 0 saturated heterocycles. The predicted octanol–water partition coefficient (Wildman–Crippen LogP) is 2.48. The maximum atomic E-state index is 12.5. The molecule has 0 saturated carbocycles. The number of amides is 3. The molecule has 2 aromatic rings. The van der Waals surface area contributed by atoms with Crippen LogP contribution in [0.5, 0.6) is 0 Å². The summed E-state index contributed by atoms with van der Waals surface area (Å²) in [6, 6.07) is 9.60. The first-order valence-corrected chi connectivity index (χ1v) is 11.5. The first-order chi connectivity index (χ1) is 16.9. The summed E-state index contributed by atoms with van der Waals surface area (Å²) >= 11 is 0. The van der Waals surface area contributed by atoms with Gasteiger partial charge in [-0.05, 0) is 55.5 Å². The number of nitrogens with zero attached hydrogens (tertiary/aromatic N) is 2. The van der Waals surface area contributed by atoms with Gasteiger partial charge in [0.25, 0.3) is 17.7 Å². The van der Waals surface area contributed by atoms with Crippen molar-refractivity contribution in [1.82, 2.24) is 25.9 Å². The molecule has 182 valence electrons. The molecule has 2 aromatic heterocycles. The van der Waals surface area contributed by atoms with Crippen LogP contribution in [0.25, 0.3) is 0 Å². The maximum absolute atomic E-state index is 12.5. The smallest absolute Gasteiger partial charge is 0.270 e. The zero-order valence-electron chi connectivity index (χ0n) is 19.8. The largest absolute Gasteiger partial charge is 0.354 e. The number of rotatable bonds is 10.